The Morgan fingerprint density at radius 1 is 1.08 bits per heavy atom. The normalized spacial score (nSPS) is 24.0. The minimum Gasteiger partial charge on any atom is -0.374 e. The molecule has 2 bridgehead atoms. The highest BCUT2D eigenvalue weighted by molar-refractivity contribution is 6.00. The van der Waals surface area contributed by atoms with Crippen LogP contribution in [-0.4, -0.2) is 66.9 Å². The van der Waals surface area contributed by atoms with E-state index in [1.54, 1.807) is 6.07 Å². The lowest BCUT2D eigenvalue weighted by molar-refractivity contribution is -0.149. The average molecular weight is 538 g/mol. The number of fused-ring (bicyclic) bond motifs is 5. The van der Waals surface area contributed by atoms with Crippen LogP contribution in [0.2, 0.25) is 0 Å². The summed E-state index contributed by atoms with van der Waals surface area (Å²) in [6.07, 6.45) is -0.895. The van der Waals surface area contributed by atoms with Crippen LogP contribution in [0.4, 0.5) is 44.8 Å². The summed E-state index contributed by atoms with van der Waals surface area (Å²) < 4.78 is 73.9. The Balaban J connectivity index is 1.33. The first kappa shape index (κ1) is 25.3. The second-order valence-electron chi connectivity index (χ2n) is 10.5. The zero-order valence-corrected chi connectivity index (χ0v) is 20.6. The molecule has 6 heterocycles. The topological polar surface area (TPSA) is 60.9 Å². The lowest BCUT2D eigenvalue weighted by Crippen LogP contribution is -2.54. The van der Waals surface area contributed by atoms with Crippen LogP contribution in [0.3, 0.4) is 0 Å². The minimum absolute atomic E-state index is 0.00191. The number of carbonyl (C=O) groups excluding carboxylic acids is 1. The van der Waals surface area contributed by atoms with Crippen molar-refractivity contribution in [2.24, 2.45) is 5.92 Å². The molecule has 0 saturated carbocycles. The summed E-state index contributed by atoms with van der Waals surface area (Å²) in [6, 6.07) is 4.30. The summed E-state index contributed by atoms with van der Waals surface area (Å²) in [5.41, 5.74) is 1.55. The van der Waals surface area contributed by atoms with Crippen molar-refractivity contribution < 1.29 is 31.5 Å². The average Bonchev–Trinajstić information content (AvgIpc) is 3.04. The fourth-order valence-corrected chi connectivity index (χ4v) is 6.05. The third-order valence-electron chi connectivity index (χ3n) is 7.97. The molecule has 204 valence electrons. The summed E-state index contributed by atoms with van der Waals surface area (Å²) in [5, 5.41) is 3.07. The molecule has 0 aliphatic carbocycles. The largest absolute Gasteiger partial charge is 0.401 e. The number of aromatic nitrogens is 1. The summed E-state index contributed by atoms with van der Waals surface area (Å²) in [6.45, 7) is 0.342. The van der Waals surface area contributed by atoms with Crippen molar-refractivity contribution in [1.82, 2.24) is 9.88 Å². The Morgan fingerprint density at radius 2 is 1.87 bits per heavy atom. The zero-order chi connectivity index (χ0) is 26.6. The van der Waals surface area contributed by atoms with Gasteiger partial charge >= 0.3 is 6.18 Å². The van der Waals surface area contributed by atoms with Gasteiger partial charge in [0, 0.05) is 24.1 Å². The standard InChI is InChI=1S/C26H28F5N5O2/c27-17-7-16-11-36(25(37)15-3-5-34(6-4-15)14-26(29,30)31)23-9-22(35-12-19-2-1-18(35)13-38-19)20(28)8-21(23)33-24(16)32-10-17/h7-10,15,18-19H,1-6,11-14H2,(H,32,33). The molecule has 7 nitrogen and oxygen atoms in total. The highest BCUT2D eigenvalue weighted by Crippen LogP contribution is 2.42. The summed E-state index contributed by atoms with van der Waals surface area (Å²) in [7, 11) is 0. The van der Waals surface area contributed by atoms with Gasteiger partial charge in [0.25, 0.3) is 0 Å². The third-order valence-corrected chi connectivity index (χ3v) is 7.97. The number of alkyl halides is 3. The van der Waals surface area contributed by atoms with E-state index in [2.05, 4.69) is 10.3 Å². The maximum atomic E-state index is 15.5. The van der Waals surface area contributed by atoms with Gasteiger partial charge < -0.3 is 19.9 Å². The monoisotopic (exact) mass is 537 g/mol. The Labute approximate surface area is 216 Å². The molecule has 4 saturated heterocycles. The number of pyridine rings is 1. The van der Waals surface area contributed by atoms with Gasteiger partial charge in [0.05, 0.1) is 55.1 Å². The number of nitrogens with zero attached hydrogens (tertiary/aromatic N) is 4. The van der Waals surface area contributed by atoms with Gasteiger partial charge in [0.1, 0.15) is 17.5 Å². The van der Waals surface area contributed by atoms with Gasteiger partial charge in [-0.25, -0.2) is 13.8 Å². The summed E-state index contributed by atoms with van der Waals surface area (Å²) >= 11 is 0. The van der Waals surface area contributed by atoms with Gasteiger partial charge in [-0.05, 0) is 50.9 Å². The number of nitrogens with one attached hydrogen (secondary N) is 1. The molecule has 1 N–H and O–H groups in total. The molecule has 1 amide bonds. The third kappa shape index (κ3) is 4.91. The second kappa shape index (κ2) is 9.64. The summed E-state index contributed by atoms with van der Waals surface area (Å²) in [4.78, 5) is 22.8. The van der Waals surface area contributed by atoms with E-state index in [9.17, 15) is 22.4 Å². The quantitative estimate of drug-likeness (QED) is 0.578. The molecule has 12 heteroatoms. The van der Waals surface area contributed by atoms with Crippen LogP contribution in [-0.2, 0) is 16.1 Å². The first-order chi connectivity index (χ1) is 18.1. The van der Waals surface area contributed by atoms with E-state index >= 15 is 4.39 Å². The number of hydrogen-bond donors (Lipinski definition) is 1. The van der Waals surface area contributed by atoms with Crippen molar-refractivity contribution in [3.63, 3.8) is 0 Å². The molecule has 5 aliphatic heterocycles. The number of morpholine rings is 1. The number of anilines is 4. The van der Waals surface area contributed by atoms with Gasteiger partial charge in [-0.3, -0.25) is 9.69 Å². The lowest BCUT2D eigenvalue weighted by Gasteiger charge is -2.46. The molecule has 0 spiro atoms. The molecule has 5 aliphatic rings. The van der Waals surface area contributed by atoms with E-state index in [4.69, 9.17) is 4.74 Å². The number of halogens is 5. The number of piperidine rings is 2. The van der Waals surface area contributed by atoms with Crippen molar-refractivity contribution in [3.05, 3.63) is 41.6 Å². The van der Waals surface area contributed by atoms with Crippen LogP contribution in [0, 0.1) is 17.6 Å². The Bertz CT molecular complexity index is 1230. The molecular formula is C26H28F5N5O2. The number of carbonyl (C=O) groups is 1. The van der Waals surface area contributed by atoms with Crippen molar-refractivity contribution in [2.45, 2.75) is 50.6 Å². The van der Waals surface area contributed by atoms with Gasteiger partial charge in [0.2, 0.25) is 5.91 Å². The fraction of sp³-hybridized carbons (Fsp3) is 0.538. The number of ether oxygens (including phenoxy) is 1. The van der Waals surface area contributed by atoms with Crippen molar-refractivity contribution in [3.8, 4) is 0 Å². The first-order valence-electron chi connectivity index (χ1n) is 12.9. The molecule has 1 aromatic heterocycles. The smallest absolute Gasteiger partial charge is 0.374 e. The minimum atomic E-state index is -4.30. The SMILES string of the molecule is O=C(C1CCN(CC(F)(F)F)CC1)N1Cc2cc(F)cnc2Nc2cc(F)c(N3CC4CCC3CO4)cc21. The molecule has 7 rings (SSSR count). The maximum absolute atomic E-state index is 15.5. The molecule has 0 radical (unpaired) electrons. The second-order valence-corrected chi connectivity index (χ2v) is 10.5. The predicted octanol–water partition coefficient (Wildman–Crippen LogP) is 4.59. The van der Waals surface area contributed by atoms with Crippen molar-refractivity contribution in [2.75, 3.05) is 47.9 Å². The van der Waals surface area contributed by atoms with Crippen LogP contribution >= 0.6 is 0 Å². The number of hydrogen-bond acceptors (Lipinski definition) is 6. The van der Waals surface area contributed by atoms with Crippen molar-refractivity contribution in [1.29, 1.82) is 0 Å². The highest BCUT2D eigenvalue weighted by atomic mass is 19.4. The van der Waals surface area contributed by atoms with Crippen LogP contribution in [0.5, 0.6) is 0 Å². The van der Waals surface area contributed by atoms with Gasteiger partial charge in [-0.15, -0.1) is 0 Å². The van der Waals surface area contributed by atoms with E-state index in [1.807, 2.05) is 4.90 Å². The highest BCUT2D eigenvalue weighted by Gasteiger charge is 2.39. The molecule has 1 aromatic carbocycles. The van der Waals surface area contributed by atoms with E-state index in [1.165, 1.54) is 21.9 Å². The fourth-order valence-electron chi connectivity index (χ4n) is 6.05. The summed E-state index contributed by atoms with van der Waals surface area (Å²) in [5.74, 6) is -1.50. The van der Waals surface area contributed by atoms with Gasteiger partial charge in [-0.1, -0.05) is 0 Å². The Kier molecular flexibility index (Phi) is 6.42. The molecule has 2 aromatic rings. The van der Waals surface area contributed by atoms with Crippen LogP contribution in [0.15, 0.2) is 24.4 Å². The zero-order valence-electron chi connectivity index (χ0n) is 20.6. The lowest BCUT2D eigenvalue weighted by atomic mass is 9.94. The van der Waals surface area contributed by atoms with Gasteiger partial charge in [-0.2, -0.15) is 13.2 Å². The predicted molar refractivity (Wildman–Crippen MR) is 130 cm³/mol. The van der Waals surface area contributed by atoms with Crippen LogP contribution < -0.4 is 15.1 Å². The maximum Gasteiger partial charge on any atom is 0.401 e. The molecule has 38 heavy (non-hydrogen) atoms. The van der Waals surface area contributed by atoms with E-state index in [0.29, 0.717) is 41.6 Å². The van der Waals surface area contributed by atoms with E-state index in [-0.39, 0.29) is 50.5 Å². The molecule has 4 fully saturated rings. The first-order valence-corrected chi connectivity index (χ1v) is 12.9. The van der Waals surface area contributed by atoms with Gasteiger partial charge in [0.15, 0.2) is 0 Å². The van der Waals surface area contributed by atoms with Crippen molar-refractivity contribution >= 4 is 28.8 Å². The number of rotatable bonds is 3. The molecular weight excluding hydrogens is 509 g/mol. The van der Waals surface area contributed by atoms with Crippen LogP contribution in [0.25, 0.3) is 0 Å². The molecule has 2 atom stereocenters. The molecule has 2 unspecified atom stereocenters. The number of benzene rings is 1. The Hall–Kier alpha value is -2.99. The number of amides is 1. The van der Waals surface area contributed by atoms with Crippen LogP contribution in [0.1, 0.15) is 31.2 Å². The number of likely N-dealkylation sites (tertiary alicyclic amines) is 1. The Morgan fingerprint density at radius 3 is 2.53 bits per heavy atom. The van der Waals surface area contributed by atoms with E-state index in [0.717, 1.165) is 19.0 Å². The van der Waals surface area contributed by atoms with E-state index < -0.39 is 30.3 Å².